The van der Waals surface area contributed by atoms with Crippen molar-refractivity contribution in [1.82, 2.24) is 0 Å². The molecule has 0 saturated heterocycles. The summed E-state index contributed by atoms with van der Waals surface area (Å²) >= 11 is 9.98. The number of nitrogen functional groups attached to an aromatic ring is 1. The maximum atomic E-state index is 12.3. The normalized spacial score (nSPS) is 11.3. The van der Waals surface area contributed by atoms with Crippen molar-refractivity contribution in [3.63, 3.8) is 0 Å². The summed E-state index contributed by atoms with van der Waals surface area (Å²) in [6.45, 7) is 0. The quantitative estimate of drug-likeness (QED) is 0.636. The molecule has 2 aromatic carbocycles. The summed E-state index contributed by atoms with van der Waals surface area (Å²) < 4.78 is 29.2. The van der Waals surface area contributed by atoms with Gasteiger partial charge in [-0.05, 0) is 62.2 Å². The summed E-state index contributed by atoms with van der Waals surface area (Å²) in [6.07, 6.45) is 0. The molecule has 0 aliphatic rings. The molecule has 2 aromatic rings. The Bertz CT molecular complexity index is 740. The minimum absolute atomic E-state index is 0.110. The van der Waals surface area contributed by atoms with Crippen LogP contribution >= 0.6 is 47.8 Å². The van der Waals surface area contributed by atoms with E-state index >= 15 is 0 Å². The van der Waals surface area contributed by atoms with Crippen molar-refractivity contribution >= 4 is 69.2 Å². The number of halogens is 3. The Kier molecular flexibility index (Phi) is 4.78. The molecule has 0 amide bonds. The predicted molar refractivity (Wildman–Crippen MR) is 91.2 cm³/mol. The maximum absolute atomic E-state index is 12.3. The van der Waals surface area contributed by atoms with Crippen LogP contribution in [0.1, 0.15) is 0 Å². The van der Waals surface area contributed by atoms with Crippen LogP contribution in [0.15, 0.2) is 54.7 Å². The molecule has 0 spiro atoms. The second kappa shape index (κ2) is 6.05. The monoisotopic (exact) mass is 482 g/mol. The van der Waals surface area contributed by atoms with Crippen LogP contribution in [0, 0.1) is 0 Å². The number of sulfonamides is 1. The van der Waals surface area contributed by atoms with Crippen LogP contribution in [-0.2, 0) is 10.0 Å². The lowest BCUT2D eigenvalue weighted by molar-refractivity contribution is 0.601. The molecule has 0 aliphatic carbocycles. The van der Waals surface area contributed by atoms with E-state index < -0.39 is 10.0 Å². The number of nitrogens with two attached hydrogens (primary N) is 1. The molecule has 0 atom stereocenters. The topological polar surface area (TPSA) is 72.2 Å². The maximum Gasteiger partial charge on any atom is 0.262 e. The van der Waals surface area contributed by atoms with Crippen molar-refractivity contribution in [1.29, 1.82) is 0 Å². The van der Waals surface area contributed by atoms with Gasteiger partial charge in [-0.15, -0.1) is 0 Å². The van der Waals surface area contributed by atoms with Crippen LogP contribution in [0.4, 0.5) is 11.4 Å². The lowest BCUT2D eigenvalue weighted by Crippen LogP contribution is -2.14. The van der Waals surface area contributed by atoms with Gasteiger partial charge in [0.05, 0.1) is 10.6 Å². The Morgan fingerprint density at radius 1 is 1.00 bits per heavy atom. The van der Waals surface area contributed by atoms with Crippen LogP contribution in [-0.4, -0.2) is 8.42 Å². The highest BCUT2D eigenvalue weighted by atomic mass is 79.9. The zero-order chi connectivity index (χ0) is 14.9. The highest BCUT2D eigenvalue weighted by Gasteiger charge is 2.18. The van der Waals surface area contributed by atoms with Crippen molar-refractivity contribution in [3.05, 3.63) is 49.8 Å². The molecule has 0 heterocycles. The summed E-state index contributed by atoms with van der Waals surface area (Å²) in [7, 11) is -3.70. The molecule has 2 rings (SSSR count). The van der Waals surface area contributed by atoms with E-state index in [4.69, 9.17) is 5.73 Å². The van der Waals surface area contributed by atoms with E-state index in [0.29, 0.717) is 20.3 Å². The molecule has 0 saturated carbocycles. The third-order valence-corrected chi connectivity index (χ3v) is 5.47. The molecule has 0 radical (unpaired) electrons. The Morgan fingerprint density at radius 3 is 2.15 bits per heavy atom. The van der Waals surface area contributed by atoms with E-state index in [2.05, 4.69) is 52.5 Å². The first-order valence-corrected chi connectivity index (χ1v) is 9.19. The van der Waals surface area contributed by atoms with Gasteiger partial charge in [0.25, 0.3) is 10.0 Å². The van der Waals surface area contributed by atoms with Crippen molar-refractivity contribution in [3.8, 4) is 0 Å². The first-order chi connectivity index (χ1) is 9.29. The van der Waals surface area contributed by atoms with Crippen molar-refractivity contribution in [2.45, 2.75) is 4.90 Å². The van der Waals surface area contributed by atoms with Crippen molar-refractivity contribution < 1.29 is 8.42 Å². The minimum atomic E-state index is -3.70. The van der Waals surface area contributed by atoms with Gasteiger partial charge in [0.15, 0.2) is 0 Å². The third-order valence-electron chi connectivity index (χ3n) is 2.41. The van der Waals surface area contributed by atoms with Crippen LogP contribution in [0.25, 0.3) is 0 Å². The first-order valence-electron chi connectivity index (χ1n) is 5.32. The van der Waals surface area contributed by atoms with Crippen molar-refractivity contribution in [2.75, 3.05) is 10.5 Å². The number of nitrogens with one attached hydrogen (secondary N) is 1. The van der Waals surface area contributed by atoms with Gasteiger partial charge in [-0.2, -0.15) is 0 Å². The molecule has 0 unspecified atom stereocenters. The smallest absolute Gasteiger partial charge is 0.262 e. The zero-order valence-corrected chi connectivity index (χ0v) is 15.5. The van der Waals surface area contributed by atoms with Gasteiger partial charge >= 0.3 is 0 Å². The van der Waals surface area contributed by atoms with E-state index in [9.17, 15) is 8.42 Å². The molecule has 106 valence electrons. The van der Waals surface area contributed by atoms with Gasteiger partial charge < -0.3 is 5.73 Å². The molecule has 3 N–H and O–H groups in total. The molecule has 20 heavy (non-hydrogen) atoms. The SMILES string of the molecule is Nc1cccc(S(=O)(=O)Nc2c(Br)cc(Br)cc2Br)c1. The lowest BCUT2D eigenvalue weighted by atomic mass is 10.3. The molecule has 0 bridgehead atoms. The summed E-state index contributed by atoms with van der Waals surface area (Å²) in [5.41, 5.74) is 6.43. The van der Waals surface area contributed by atoms with E-state index in [1.807, 2.05) is 0 Å². The first kappa shape index (κ1) is 15.8. The van der Waals surface area contributed by atoms with E-state index in [1.165, 1.54) is 12.1 Å². The largest absolute Gasteiger partial charge is 0.399 e. The molecule has 0 aromatic heterocycles. The Hall–Kier alpha value is -0.570. The Morgan fingerprint density at radius 2 is 1.60 bits per heavy atom. The molecular weight excluding hydrogens is 476 g/mol. The number of rotatable bonds is 3. The second-order valence-electron chi connectivity index (χ2n) is 3.92. The molecule has 0 aliphatic heterocycles. The molecule has 0 fully saturated rings. The fourth-order valence-corrected chi connectivity index (χ4v) is 5.39. The van der Waals surface area contributed by atoms with Gasteiger partial charge in [-0.3, -0.25) is 4.72 Å². The van der Waals surface area contributed by atoms with Gasteiger partial charge in [0.1, 0.15) is 0 Å². The molecule has 4 nitrogen and oxygen atoms in total. The average Bonchev–Trinajstić information content (AvgIpc) is 2.34. The average molecular weight is 485 g/mol. The van der Waals surface area contributed by atoms with E-state index in [-0.39, 0.29) is 4.90 Å². The fraction of sp³-hybridized carbons (Fsp3) is 0. The van der Waals surface area contributed by atoms with Gasteiger partial charge in [0, 0.05) is 19.1 Å². The van der Waals surface area contributed by atoms with Crippen LogP contribution in [0.2, 0.25) is 0 Å². The minimum Gasteiger partial charge on any atom is -0.399 e. The highest BCUT2D eigenvalue weighted by molar-refractivity contribution is 9.11. The fourth-order valence-electron chi connectivity index (χ4n) is 1.51. The summed E-state index contributed by atoms with van der Waals surface area (Å²) in [4.78, 5) is 0.110. The van der Waals surface area contributed by atoms with E-state index in [1.54, 1.807) is 24.3 Å². The van der Waals surface area contributed by atoms with Crippen LogP contribution in [0.3, 0.4) is 0 Å². The third kappa shape index (κ3) is 3.55. The highest BCUT2D eigenvalue weighted by Crippen LogP contribution is 2.35. The second-order valence-corrected chi connectivity index (χ2v) is 8.23. The number of benzene rings is 2. The van der Waals surface area contributed by atoms with Crippen LogP contribution in [0.5, 0.6) is 0 Å². The number of hydrogen-bond donors (Lipinski definition) is 2. The predicted octanol–water partition coefficient (Wildman–Crippen LogP) is 4.36. The Balaban J connectivity index is 2.44. The Labute approximate surface area is 142 Å². The number of hydrogen-bond acceptors (Lipinski definition) is 3. The molecular formula is C12H9Br3N2O2S. The van der Waals surface area contributed by atoms with Crippen LogP contribution < -0.4 is 10.5 Å². The zero-order valence-electron chi connectivity index (χ0n) is 9.90. The van der Waals surface area contributed by atoms with Crippen molar-refractivity contribution in [2.24, 2.45) is 0 Å². The lowest BCUT2D eigenvalue weighted by Gasteiger charge is -2.12. The van der Waals surface area contributed by atoms with Gasteiger partial charge in [-0.25, -0.2) is 8.42 Å². The summed E-state index contributed by atoms with van der Waals surface area (Å²) in [5.74, 6) is 0. The van der Waals surface area contributed by atoms with Gasteiger partial charge in [-0.1, -0.05) is 22.0 Å². The van der Waals surface area contributed by atoms with Gasteiger partial charge in [0.2, 0.25) is 0 Å². The van der Waals surface area contributed by atoms with E-state index in [0.717, 1.165) is 4.47 Å². The summed E-state index contributed by atoms with van der Waals surface area (Å²) in [6, 6.07) is 9.62. The standard InChI is InChI=1S/C12H9Br3N2O2S/c13-7-4-10(14)12(11(15)5-7)17-20(18,19)9-3-1-2-8(16)6-9/h1-6,17H,16H2. The summed E-state index contributed by atoms with van der Waals surface area (Å²) in [5, 5.41) is 0. The number of anilines is 2. The molecule has 8 heteroatoms.